The molecule has 0 amide bonds. The molecule has 116 valence electrons. The Kier molecular flexibility index (Phi) is 3.88. The molecule has 0 aliphatic rings. The van der Waals surface area contributed by atoms with Crippen LogP contribution in [0.15, 0.2) is 23.0 Å². The molecular formula is C15H9FN2O5. The molecule has 0 saturated heterocycles. The fourth-order valence-corrected chi connectivity index (χ4v) is 2.12. The lowest BCUT2D eigenvalue weighted by molar-refractivity contribution is 0.0695. The minimum Gasteiger partial charge on any atom is -0.478 e. The van der Waals surface area contributed by atoms with Gasteiger partial charge < -0.3 is 20.9 Å². The Morgan fingerprint density at radius 2 is 1.83 bits per heavy atom. The van der Waals surface area contributed by atoms with Gasteiger partial charge >= 0.3 is 11.9 Å². The van der Waals surface area contributed by atoms with E-state index in [-0.39, 0.29) is 11.1 Å². The van der Waals surface area contributed by atoms with Crippen molar-refractivity contribution in [1.29, 1.82) is 0 Å². The highest BCUT2D eigenvalue weighted by atomic mass is 19.1. The minimum atomic E-state index is -1.68. The molecule has 0 bridgehead atoms. The van der Waals surface area contributed by atoms with Crippen molar-refractivity contribution in [3.05, 3.63) is 51.1 Å². The molecule has 23 heavy (non-hydrogen) atoms. The third-order valence-electron chi connectivity index (χ3n) is 3.09. The maximum absolute atomic E-state index is 13.8. The van der Waals surface area contributed by atoms with Crippen LogP contribution in [0.5, 0.6) is 0 Å². The molecule has 1 aromatic carbocycles. The number of carboxylic acid groups (broad SMARTS) is 2. The maximum atomic E-state index is 13.8. The van der Waals surface area contributed by atoms with Gasteiger partial charge in [-0.05, 0) is 17.7 Å². The first-order chi connectivity index (χ1) is 10.8. The fourth-order valence-electron chi connectivity index (χ4n) is 2.12. The number of anilines is 1. The molecule has 1 heterocycles. The van der Waals surface area contributed by atoms with Gasteiger partial charge in [0.2, 0.25) is 0 Å². The maximum Gasteiger partial charge on any atom is 0.342 e. The van der Waals surface area contributed by atoms with E-state index in [1.807, 2.05) is 4.98 Å². The van der Waals surface area contributed by atoms with Gasteiger partial charge in [-0.3, -0.25) is 4.79 Å². The summed E-state index contributed by atoms with van der Waals surface area (Å²) in [6.45, 7) is 0. The van der Waals surface area contributed by atoms with Crippen molar-refractivity contribution in [2.45, 2.75) is 0 Å². The number of benzene rings is 1. The Hall–Kier alpha value is -3.60. The quantitative estimate of drug-likeness (QED) is 0.627. The first kappa shape index (κ1) is 15.8. The number of nitrogen functional groups attached to an aromatic ring is 1. The van der Waals surface area contributed by atoms with E-state index < -0.39 is 45.8 Å². The number of aromatic carboxylic acids is 2. The fraction of sp³-hybridized carbons (Fsp3) is 0. The molecule has 8 heteroatoms. The van der Waals surface area contributed by atoms with Gasteiger partial charge in [0.25, 0.3) is 5.56 Å². The number of carboxylic acids is 2. The van der Waals surface area contributed by atoms with Crippen molar-refractivity contribution < 1.29 is 24.2 Å². The number of hydrogen-bond donors (Lipinski definition) is 4. The average Bonchev–Trinajstić information content (AvgIpc) is 2.45. The molecule has 2 aromatic rings. The Morgan fingerprint density at radius 3 is 2.30 bits per heavy atom. The number of H-pyrrole nitrogens is 1. The van der Waals surface area contributed by atoms with Crippen LogP contribution in [0, 0.1) is 18.2 Å². The summed E-state index contributed by atoms with van der Waals surface area (Å²) in [6, 6.07) is 3.23. The summed E-state index contributed by atoms with van der Waals surface area (Å²) in [7, 11) is 0. The summed E-state index contributed by atoms with van der Waals surface area (Å²) < 4.78 is 13.8. The van der Waals surface area contributed by atoms with E-state index in [9.17, 15) is 29.0 Å². The standard InChI is InChI=1S/C15H9FN2O5/c1-2-6-3-4-7(5-8(6)16)9-10(14(20)21)12(17)18-13(19)11(9)15(22)23/h1,3-5H,(H,20,21)(H,22,23)(H3,17,18,19). The van der Waals surface area contributed by atoms with E-state index in [4.69, 9.17) is 12.2 Å². The summed E-state index contributed by atoms with van der Waals surface area (Å²) in [5.74, 6) is -2.58. The molecule has 0 aliphatic carbocycles. The first-order valence-corrected chi connectivity index (χ1v) is 6.06. The topological polar surface area (TPSA) is 133 Å². The number of rotatable bonds is 3. The molecule has 0 atom stereocenters. The lowest BCUT2D eigenvalue weighted by Crippen LogP contribution is -2.24. The lowest BCUT2D eigenvalue weighted by Gasteiger charge is -2.12. The smallest absolute Gasteiger partial charge is 0.342 e. The highest BCUT2D eigenvalue weighted by Gasteiger charge is 2.26. The van der Waals surface area contributed by atoms with Crippen LogP contribution < -0.4 is 11.3 Å². The number of nitrogens with two attached hydrogens (primary N) is 1. The number of carbonyl (C=O) groups is 2. The van der Waals surface area contributed by atoms with Crippen molar-refractivity contribution in [3.63, 3.8) is 0 Å². The molecule has 5 N–H and O–H groups in total. The van der Waals surface area contributed by atoms with E-state index in [0.29, 0.717) is 0 Å². The lowest BCUT2D eigenvalue weighted by atomic mass is 9.94. The van der Waals surface area contributed by atoms with Crippen molar-refractivity contribution in [2.75, 3.05) is 5.73 Å². The van der Waals surface area contributed by atoms with Gasteiger partial charge in [-0.2, -0.15) is 0 Å². The number of aromatic nitrogens is 1. The summed E-state index contributed by atoms with van der Waals surface area (Å²) >= 11 is 0. The monoisotopic (exact) mass is 316 g/mol. The van der Waals surface area contributed by atoms with Crippen LogP contribution in [-0.4, -0.2) is 27.1 Å². The highest BCUT2D eigenvalue weighted by Crippen LogP contribution is 2.30. The van der Waals surface area contributed by atoms with E-state index in [0.717, 1.165) is 6.07 Å². The van der Waals surface area contributed by atoms with Crippen LogP contribution in [-0.2, 0) is 0 Å². The summed E-state index contributed by atoms with van der Waals surface area (Å²) in [5, 5.41) is 18.4. The Balaban J connectivity index is 2.97. The van der Waals surface area contributed by atoms with Gasteiger partial charge in [0.15, 0.2) is 0 Å². The summed E-state index contributed by atoms with van der Waals surface area (Å²) in [5.41, 5.74) is 2.13. The van der Waals surface area contributed by atoms with Gasteiger partial charge in [-0.15, -0.1) is 6.42 Å². The predicted octanol–water partition coefficient (Wildman–Crippen LogP) is 1.14. The second-order valence-corrected chi connectivity index (χ2v) is 4.44. The van der Waals surface area contributed by atoms with Gasteiger partial charge in [0, 0.05) is 5.56 Å². The molecule has 7 nitrogen and oxygen atoms in total. The zero-order valence-electron chi connectivity index (χ0n) is 11.4. The van der Waals surface area contributed by atoms with Crippen molar-refractivity contribution >= 4 is 17.8 Å². The van der Waals surface area contributed by atoms with E-state index in [1.165, 1.54) is 12.1 Å². The Bertz CT molecular complexity index is 940. The summed E-state index contributed by atoms with van der Waals surface area (Å²) in [4.78, 5) is 36.5. The van der Waals surface area contributed by atoms with Crippen LogP contribution in [0.3, 0.4) is 0 Å². The normalized spacial score (nSPS) is 10.1. The molecule has 2 rings (SSSR count). The van der Waals surface area contributed by atoms with Crippen LogP contribution in [0.1, 0.15) is 26.3 Å². The molecule has 0 radical (unpaired) electrons. The second kappa shape index (κ2) is 5.65. The molecule has 0 fully saturated rings. The van der Waals surface area contributed by atoms with Crippen LogP contribution in [0.4, 0.5) is 10.2 Å². The predicted molar refractivity (Wildman–Crippen MR) is 78.7 cm³/mol. The highest BCUT2D eigenvalue weighted by molar-refractivity contribution is 6.07. The minimum absolute atomic E-state index is 0.0969. The Labute approximate surface area is 128 Å². The molecule has 0 saturated carbocycles. The van der Waals surface area contributed by atoms with Crippen molar-refractivity contribution in [1.82, 2.24) is 4.98 Å². The van der Waals surface area contributed by atoms with Crippen molar-refractivity contribution in [2.24, 2.45) is 0 Å². The number of aromatic amines is 1. The third-order valence-corrected chi connectivity index (χ3v) is 3.09. The zero-order chi connectivity index (χ0) is 17.3. The molecule has 0 unspecified atom stereocenters. The zero-order valence-corrected chi connectivity index (χ0v) is 11.4. The van der Waals surface area contributed by atoms with E-state index >= 15 is 0 Å². The number of terminal acetylenes is 1. The van der Waals surface area contributed by atoms with Crippen molar-refractivity contribution in [3.8, 4) is 23.5 Å². The molecular weight excluding hydrogens is 307 g/mol. The number of halogens is 1. The van der Waals surface area contributed by atoms with Crippen LogP contribution in [0.2, 0.25) is 0 Å². The molecule has 0 aliphatic heterocycles. The number of nitrogens with one attached hydrogen (secondary N) is 1. The number of hydrogen-bond acceptors (Lipinski definition) is 4. The number of pyridine rings is 1. The van der Waals surface area contributed by atoms with Crippen LogP contribution >= 0.6 is 0 Å². The average molecular weight is 316 g/mol. The van der Waals surface area contributed by atoms with Crippen LogP contribution in [0.25, 0.3) is 11.1 Å². The SMILES string of the molecule is C#Cc1ccc(-c2c(C(=O)O)c(N)[nH]c(=O)c2C(=O)O)cc1F. The summed E-state index contributed by atoms with van der Waals surface area (Å²) in [6.07, 6.45) is 5.09. The third kappa shape index (κ3) is 2.63. The van der Waals surface area contributed by atoms with E-state index in [2.05, 4.69) is 5.92 Å². The van der Waals surface area contributed by atoms with Gasteiger partial charge in [-0.1, -0.05) is 12.0 Å². The molecule has 1 aromatic heterocycles. The first-order valence-electron chi connectivity index (χ1n) is 6.06. The van der Waals surface area contributed by atoms with E-state index in [1.54, 1.807) is 0 Å². The Morgan fingerprint density at radius 1 is 1.22 bits per heavy atom. The second-order valence-electron chi connectivity index (χ2n) is 4.44. The molecule has 0 spiro atoms. The largest absolute Gasteiger partial charge is 0.478 e. The van der Waals surface area contributed by atoms with Gasteiger partial charge in [0.05, 0.1) is 5.56 Å². The van der Waals surface area contributed by atoms with Gasteiger partial charge in [0.1, 0.15) is 22.8 Å². The van der Waals surface area contributed by atoms with Gasteiger partial charge in [-0.25, -0.2) is 14.0 Å².